The Labute approximate surface area is 109 Å². The lowest BCUT2D eigenvalue weighted by molar-refractivity contribution is 0.417. The van der Waals surface area contributed by atoms with Crippen molar-refractivity contribution >= 4 is 39.1 Å². The molecule has 0 amide bonds. The van der Waals surface area contributed by atoms with Crippen LogP contribution in [-0.4, -0.2) is 12.1 Å². The number of hydrogen-bond donors (Lipinski definition) is 1. The first-order valence-electron chi connectivity index (χ1n) is 4.62. The van der Waals surface area contributed by atoms with Gasteiger partial charge in [-0.25, -0.2) is 4.98 Å². The van der Waals surface area contributed by atoms with E-state index >= 15 is 0 Å². The molecule has 0 saturated heterocycles. The molecule has 1 heterocycles. The number of rotatable bonds is 3. The van der Waals surface area contributed by atoms with Gasteiger partial charge in [-0.2, -0.15) is 0 Å². The number of methoxy groups -OCH3 is 1. The molecule has 1 aromatic carbocycles. The lowest BCUT2D eigenvalue weighted by Gasteiger charge is -2.07. The fraction of sp³-hybridized carbons (Fsp3) is 0.182. The van der Waals surface area contributed by atoms with Gasteiger partial charge in [-0.1, -0.05) is 12.1 Å². The Hall–Kier alpha value is -1.07. The molecule has 0 atom stereocenters. The van der Waals surface area contributed by atoms with Crippen LogP contribution in [-0.2, 0) is 0 Å². The third-order valence-corrected chi connectivity index (χ3v) is 2.84. The zero-order valence-electron chi connectivity index (χ0n) is 9.06. The van der Waals surface area contributed by atoms with Gasteiger partial charge in [-0.05, 0) is 19.1 Å². The first-order valence-corrected chi connectivity index (χ1v) is 5.50. The maximum Gasteiger partial charge on any atom is 0.187 e. The summed E-state index contributed by atoms with van der Waals surface area (Å²) >= 11 is 1.59. The number of anilines is 2. The predicted octanol–water partition coefficient (Wildman–Crippen LogP) is 3.78. The van der Waals surface area contributed by atoms with Crippen LogP contribution >= 0.6 is 28.3 Å². The van der Waals surface area contributed by atoms with E-state index in [1.807, 2.05) is 36.6 Å². The number of hydrogen-bond acceptors (Lipinski definition) is 4. The van der Waals surface area contributed by atoms with Crippen LogP contribution < -0.4 is 10.1 Å². The van der Waals surface area contributed by atoms with Crippen molar-refractivity contribution in [1.82, 2.24) is 4.98 Å². The van der Waals surface area contributed by atoms with E-state index in [0.29, 0.717) is 0 Å². The molecule has 0 aliphatic rings. The van der Waals surface area contributed by atoms with Crippen molar-refractivity contribution in [2.24, 2.45) is 0 Å². The Morgan fingerprint density at radius 1 is 1.31 bits per heavy atom. The largest absolute Gasteiger partial charge is 0.495 e. The highest BCUT2D eigenvalue weighted by Gasteiger charge is 2.03. The number of aromatic nitrogens is 1. The highest BCUT2D eigenvalue weighted by atomic mass is 79.9. The van der Waals surface area contributed by atoms with Crippen LogP contribution in [0.15, 0.2) is 29.6 Å². The normalized spacial score (nSPS) is 9.38. The molecule has 0 aliphatic carbocycles. The summed E-state index contributed by atoms with van der Waals surface area (Å²) < 4.78 is 5.24. The van der Waals surface area contributed by atoms with Gasteiger partial charge < -0.3 is 10.1 Å². The van der Waals surface area contributed by atoms with E-state index in [0.717, 1.165) is 22.3 Å². The van der Waals surface area contributed by atoms with E-state index in [9.17, 15) is 0 Å². The first kappa shape index (κ1) is 13.0. The molecule has 0 spiro atoms. The van der Waals surface area contributed by atoms with Crippen molar-refractivity contribution in [1.29, 1.82) is 0 Å². The van der Waals surface area contributed by atoms with Crippen molar-refractivity contribution in [2.75, 3.05) is 12.4 Å². The minimum absolute atomic E-state index is 0. The van der Waals surface area contributed by atoms with E-state index < -0.39 is 0 Å². The second kappa shape index (κ2) is 5.86. The Morgan fingerprint density at radius 2 is 2.06 bits per heavy atom. The quantitative estimate of drug-likeness (QED) is 0.936. The van der Waals surface area contributed by atoms with E-state index in [1.54, 1.807) is 18.4 Å². The Kier molecular flexibility index (Phi) is 4.76. The molecular formula is C11H13BrN2OS. The number of nitrogens with one attached hydrogen (secondary N) is 1. The summed E-state index contributed by atoms with van der Waals surface area (Å²) in [6.07, 6.45) is 0. The van der Waals surface area contributed by atoms with E-state index in [-0.39, 0.29) is 17.0 Å². The first-order chi connectivity index (χ1) is 7.29. The van der Waals surface area contributed by atoms with Crippen LogP contribution in [0.1, 0.15) is 5.69 Å². The number of halogens is 1. The molecule has 86 valence electrons. The average molecular weight is 301 g/mol. The smallest absolute Gasteiger partial charge is 0.187 e. The molecule has 0 saturated carbocycles. The van der Waals surface area contributed by atoms with Gasteiger partial charge in [-0.15, -0.1) is 28.3 Å². The number of benzene rings is 1. The molecule has 1 aromatic heterocycles. The van der Waals surface area contributed by atoms with Crippen molar-refractivity contribution in [2.45, 2.75) is 6.92 Å². The van der Waals surface area contributed by atoms with E-state index in [1.165, 1.54) is 0 Å². The fourth-order valence-corrected chi connectivity index (χ4v) is 1.97. The van der Waals surface area contributed by atoms with Crippen LogP contribution in [0.3, 0.4) is 0 Å². The summed E-state index contributed by atoms with van der Waals surface area (Å²) in [5.41, 5.74) is 1.96. The van der Waals surface area contributed by atoms with Gasteiger partial charge >= 0.3 is 0 Å². The van der Waals surface area contributed by atoms with Gasteiger partial charge in [-0.3, -0.25) is 0 Å². The summed E-state index contributed by atoms with van der Waals surface area (Å²) in [5.74, 6) is 0.824. The van der Waals surface area contributed by atoms with Crippen molar-refractivity contribution in [3.8, 4) is 5.75 Å². The molecule has 16 heavy (non-hydrogen) atoms. The molecule has 0 radical (unpaired) electrons. The van der Waals surface area contributed by atoms with Crippen LogP contribution in [0, 0.1) is 6.92 Å². The molecule has 1 N–H and O–H groups in total. The molecule has 2 rings (SSSR count). The summed E-state index contributed by atoms with van der Waals surface area (Å²) in [6.45, 7) is 1.98. The van der Waals surface area contributed by atoms with Gasteiger partial charge in [0.05, 0.1) is 18.5 Å². The number of ether oxygens (including phenoxy) is 1. The van der Waals surface area contributed by atoms with E-state index in [2.05, 4.69) is 10.3 Å². The molecule has 3 nitrogen and oxygen atoms in total. The zero-order chi connectivity index (χ0) is 10.7. The van der Waals surface area contributed by atoms with Crippen LogP contribution in [0.5, 0.6) is 5.75 Å². The highest BCUT2D eigenvalue weighted by molar-refractivity contribution is 8.93. The summed E-state index contributed by atoms with van der Waals surface area (Å²) in [5, 5.41) is 6.12. The van der Waals surface area contributed by atoms with Crippen molar-refractivity contribution in [3.05, 3.63) is 35.3 Å². The Balaban J connectivity index is 0.00000128. The van der Waals surface area contributed by atoms with Gasteiger partial charge in [0.15, 0.2) is 5.13 Å². The van der Waals surface area contributed by atoms with Crippen LogP contribution in [0.25, 0.3) is 0 Å². The number of nitrogens with zero attached hydrogens (tertiary/aromatic N) is 1. The molecule has 2 aromatic rings. The van der Waals surface area contributed by atoms with E-state index in [4.69, 9.17) is 4.74 Å². The van der Waals surface area contributed by atoms with Crippen LogP contribution in [0.4, 0.5) is 10.8 Å². The lowest BCUT2D eigenvalue weighted by atomic mass is 10.3. The monoisotopic (exact) mass is 300 g/mol. The average Bonchev–Trinajstić information content (AvgIpc) is 2.65. The zero-order valence-corrected chi connectivity index (χ0v) is 11.6. The number of para-hydroxylation sites is 2. The predicted molar refractivity (Wildman–Crippen MR) is 73.4 cm³/mol. The minimum Gasteiger partial charge on any atom is -0.495 e. The Morgan fingerprint density at radius 3 is 2.69 bits per heavy atom. The maximum atomic E-state index is 5.24. The van der Waals surface area contributed by atoms with Crippen molar-refractivity contribution < 1.29 is 4.74 Å². The molecular weight excluding hydrogens is 288 g/mol. The third-order valence-electron chi connectivity index (χ3n) is 1.97. The van der Waals surface area contributed by atoms with Gasteiger partial charge in [0.25, 0.3) is 0 Å². The van der Waals surface area contributed by atoms with Crippen LogP contribution in [0.2, 0.25) is 0 Å². The number of aryl methyl sites for hydroxylation is 1. The molecule has 0 bridgehead atoms. The fourth-order valence-electron chi connectivity index (χ4n) is 1.27. The summed E-state index contributed by atoms with van der Waals surface area (Å²) in [7, 11) is 1.66. The van der Waals surface area contributed by atoms with Gasteiger partial charge in [0, 0.05) is 5.38 Å². The summed E-state index contributed by atoms with van der Waals surface area (Å²) in [6, 6.07) is 7.79. The second-order valence-electron chi connectivity index (χ2n) is 3.12. The lowest BCUT2D eigenvalue weighted by Crippen LogP contribution is -1.93. The summed E-state index contributed by atoms with van der Waals surface area (Å²) in [4.78, 5) is 4.33. The standard InChI is InChI=1S/C11H12N2OS.BrH/c1-8-7-15-11(12-8)13-9-5-3-4-6-10(9)14-2;/h3-7H,1-2H3,(H,12,13);1H. The van der Waals surface area contributed by atoms with Crippen molar-refractivity contribution in [3.63, 3.8) is 0 Å². The maximum absolute atomic E-state index is 5.24. The SMILES string of the molecule is Br.COc1ccccc1Nc1nc(C)cs1. The third kappa shape index (κ3) is 2.96. The molecule has 0 fully saturated rings. The molecule has 0 unspecified atom stereocenters. The van der Waals surface area contributed by atoms with Gasteiger partial charge in [0.2, 0.25) is 0 Å². The minimum atomic E-state index is 0. The Bertz CT molecular complexity index is 459. The topological polar surface area (TPSA) is 34.1 Å². The molecule has 0 aliphatic heterocycles. The highest BCUT2D eigenvalue weighted by Crippen LogP contribution is 2.28. The van der Waals surface area contributed by atoms with Gasteiger partial charge in [0.1, 0.15) is 5.75 Å². The molecule has 5 heteroatoms. The number of thiazole rings is 1. The second-order valence-corrected chi connectivity index (χ2v) is 3.98.